The Morgan fingerprint density at radius 2 is 1.56 bits per heavy atom. The Morgan fingerprint density at radius 1 is 0.969 bits per heavy atom. The van der Waals surface area contributed by atoms with Gasteiger partial charge in [-0.3, -0.25) is 19.7 Å². The number of hydrogen-bond acceptors (Lipinski definition) is 4. The van der Waals surface area contributed by atoms with E-state index in [1.54, 1.807) is 0 Å². The number of nitro benzene ring substituents is 1. The largest absolute Gasteiger partial charge is 0.368 e. The van der Waals surface area contributed by atoms with Crippen molar-refractivity contribution in [3.05, 3.63) is 99.9 Å². The van der Waals surface area contributed by atoms with Crippen molar-refractivity contribution in [3.63, 3.8) is 0 Å². The SMILES string of the molecule is NC(=O)[C@@H](Cc1ccc(F)c([N+](=O)[O-])c1)NC(=O)c1c2ccccc2cc2ccccc12. The van der Waals surface area contributed by atoms with E-state index in [-0.39, 0.29) is 6.42 Å². The van der Waals surface area contributed by atoms with E-state index in [4.69, 9.17) is 5.73 Å². The molecule has 0 saturated carbocycles. The number of amides is 2. The average molecular weight is 431 g/mol. The third-order valence-corrected chi connectivity index (χ3v) is 5.29. The van der Waals surface area contributed by atoms with Crippen LogP contribution in [0.2, 0.25) is 0 Å². The molecule has 0 aromatic heterocycles. The Hall–Kier alpha value is -4.33. The number of nitrogens with two attached hydrogens (primary N) is 1. The van der Waals surface area contributed by atoms with E-state index in [1.807, 2.05) is 54.6 Å². The molecule has 3 N–H and O–H groups in total. The van der Waals surface area contributed by atoms with E-state index in [2.05, 4.69) is 5.32 Å². The lowest BCUT2D eigenvalue weighted by atomic mass is 9.95. The standard InChI is InChI=1S/C24H18FN3O4/c25-19-10-9-14(12-21(19)28(31)32)11-20(23(26)29)27-24(30)22-17-7-3-1-5-15(17)13-16-6-2-4-8-18(16)22/h1-10,12-13,20H,11H2,(H2,26,29)(H,27,30)/t20-/m1/s1. The van der Waals surface area contributed by atoms with Crippen molar-refractivity contribution in [2.24, 2.45) is 5.73 Å². The number of rotatable bonds is 6. The molecule has 4 aromatic carbocycles. The third-order valence-electron chi connectivity index (χ3n) is 5.29. The molecule has 8 heteroatoms. The highest BCUT2D eigenvalue weighted by Crippen LogP contribution is 2.28. The summed E-state index contributed by atoms with van der Waals surface area (Å²) in [5, 5.41) is 16.8. The van der Waals surface area contributed by atoms with Gasteiger partial charge in [-0.25, -0.2) is 0 Å². The summed E-state index contributed by atoms with van der Waals surface area (Å²) in [5.41, 5.74) is 5.49. The van der Waals surface area contributed by atoms with Crippen LogP contribution in [0.4, 0.5) is 10.1 Å². The number of nitrogens with one attached hydrogen (secondary N) is 1. The summed E-state index contributed by atoms with van der Waals surface area (Å²) in [6.07, 6.45) is -0.120. The van der Waals surface area contributed by atoms with Crippen molar-refractivity contribution in [1.82, 2.24) is 5.32 Å². The van der Waals surface area contributed by atoms with E-state index in [1.165, 1.54) is 6.07 Å². The summed E-state index contributed by atoms with van der Waals surface area (Å²) in [5.74, 6) is -2.30. The number of carbonyl (C=O) groups is 2. The highest BCUT2D eigenvalue weighted by Gasteiger charge is 2.24. The fourth-order valence-corrected chi connectivity index (χ4v) is 3.77. The van der Waals surface area contributed by atoms with Crippen molar-refractivity contribution >= 4 is 39.0 Å². The van der Waals surface area contributed by atoms with Crippen LogP contribution >= 0.6 is 0 Å². The molecule has 0 bridgehead atoms. The minimum Gasteiger partial charge on any atom is -0.368 e. The summed E-state index contributed by atoms with van der Waals surface area (Å²) < 4.78 is 13.6. The van der Waals surface area contributed by atoms with E-state index < -0.39 is 34.3 Å². The Labute approximate surface area is 181 Å². The van der Waals surface area contributed by atoms with Crippen LogP contribution in [-0.4, -0.2) is 22.8 Å². The Kier molecular flexibility index (Phi) is 5.51. The molecule has 0 aliphatic heterocycles. The molecule has 0 saturated heterocycles. The highest BCUT2D eigenvalue weighted by atomic mass is 19.1. The van der Waals surface area contributed by atoms with Gasteiger partial charge in [0.05, 0.1) is 10.5 Å². The maximum absolute atomic E-state index is 13.6. The van der Waals surface area contributed by atoms with Crippen molar-refractivity contribution in [2.75, 3.05) is 0 Å². The van der Waals surface area contributed by atoms with Crippen LogP contribution in [-0.2, 0) is 11.2 Å². The molecular weight excluding hydrogens is 413 g/mol. The molecule has 0 fully saturated rings. The Morgan fingerprint density at radius 3 is 2.12 bits per heavy atom. The van der Waals surface area contributed by atoms with Crippen molar-refractivity contribution in [2.45, 2.75) is 12.5 Å². The van der Waals surface area contributed by atoms with Gasteiger partial charge >= 0.3 is 5.69 Å². The van der Waals surface area contributed by atoms with Gasteiger partial charge in [0.25, 0.3) is 5.91 Å². The fourth-order valence-electron chi connectivity index (χ4n) is 3.77. The van der Waals surface area contributed by atoms with Gasteiger partial charge in [0, 0.05) is 12.5 Å². The van der Waals surface area contributed by atoms with Crippen molar-refractivity contribution < 1.29 is 18.9 Å². The minimum absolute atomic E-state index is 0.120. The lowest BCUT2D eigenvalue weighted by Gasteiger charge is -2.18. The van der Waals surface area contributed by atoms with Crippen LogP contribution in [0.1, 0.15) is 15.9 Å². The summed E-state index contributed by atoms with van der Waals surface area (Å²) in [6.45, 7) is 0. The normalized spacial score (nSPS) is 11.9. The number of hydrogen-bond donors (Lipinski definition) is 2. The number of benzene rings is 4. The zero-order valence-corrected chi connectivity index (χ0v) is 16.7. The molecule has 7 nitrogen and oxygen atoms in total. The zero-order chi connectivity index (χ0) is 22.8. The highest BCUT2D eigenvalue weighted by molar-refractivity contribution is 6.18. The summed E-state index contributed by atoms with van der Waals surface area (Å²) in [6, 6.07) is 18.9. The van der Waals surface area contributed by atoms with E-state index in [9.17, 15) is 24.1 Å². The first-order valence-electron chi connectivity index (χ1n) is 9.78. The second kappa shape index (κ2) is 8.43. The van der Waals surface area contributed by atoms with Gasteiger partial charge in [0.2, 0.25) is 11.7 Å². The summed E-state index contributed by atoms with van der Waals surface area (Å²) in [7, 11) is 0. The predicted octanol–water partition coefficient (Wildman–Crippen LogP) is 3.87. The predicted molar refractivity (Wildman–Crippen MR) is 119 cm³/mol. The van der Waals surface area contributed by atoms with Crippen LogP contribution in [0.5, 0.6) is 0 Å². The summed E-state index contributed by atoms with van der Waals surface area (Å²) in [4.78, 5) is 35.6. The van der Waals surface area contributed by atoms with E-state index >= 15 is 0 Å². The molecule has 160 valence electrons. The molecule has 4 aromatic rings. The zero-order valence-electron chi connectivity index (χ0n) is 16.7. The number of carbonyl (C=O) groups excluding carboxylic acids is 2. The fraction of sp³-hybridized carbons (Fsp3) is 0.0833. The number of nitrogens with zero attached hydrogens (tertiary/aromatic N) is 1. The average Bonchev–Trinajstić information content (AvgIpc) is 2.77. The van der Waals surface area contributed by atoms with E-state index in [0.29, 0.717) is 21.9 Å². The van der Waals surface area contributed by atoms with Crippen molar-refractivity contribution in [1.29, 1.82) is 0 Å². The van der Waals surface area contributed by atoms with Gasteiger partial charge in [-0.2, -0.15) is 4.39 Å². The Bertz CT molecular complexity index is 1330. The van der Waals surface area contributed by atoms with Crippen molar-refractivity contribution in [3.8, 4) is 0 Å². The molecule has 2 amide bonds. The maximum atomic E-state index is 13.6. The van der Waals surface area contributed by atoms with Gasteiger partial charge in [-0.05, 0) is 39.2 Å². The molecule has 1 atom stereocenters. The molecule has 0 spiro atoms. The van der Waals surface area contributed by atoms with Gasteiger partial charge in [0.15, 0.2) is 0 Å². The number of fused-ring (bicyclic) bond motifs is 2. The van der Waals surface area contributed by atoms with Crippen LogP contribution < -0.4 is 11.1 Å². The van der Waals surface area contributed by atoms with Crippen LogP contribution in [0.25, 0.3) is 21.5 Å². The summed E-state index contributed by atoms with van der Waals surface area (Å²) >= 11 is 0. The molecule has 0 aliphatic rings. The van der Waals surface area contributed by atoms with Crippen LogP contribution in [0.3, 0.4) is 0 Å². The first-order valence-corrected chi connectivity index (χ1v) is 9.78. The Balaban J connectivity index is 1.71. The van der Waals surface area contributed by atoms with Crippen LogP contribution in [0.15, 0.2) is 72.8 Å². The van der Waals surface area contributed by atoms with Gasteiger partial charge in [0.1, 0.15) is 6.04 Å². The first kappa shape index (κ1) is 20.9. The smallest absolute Gasteiger partial charge is 0.305 e. The van der Waals surface area contributed by atoms with E-state index in [0.717, 1.165) is 22.9 Å². The monoisotopic (exact) mass is 431 g/mol. The molecule has 0 heterocycles. The lowest BCUT2D eigenvalue weighted by molar-refractivity contribution is -0.387. The number of halogens is 1. The number of primary amides is 1. The molecular formula is C24H18FN3O4. The van der Waals surface area contributed by atoms with Crippen LogP contribution in [0, 0.1) is 15.9 Å². The second-order valence-corrected chi connectivity index (χ2v) is 7.37. The van der Waals surface area contributed by atoms with Gasteiger partial charge in [-0.1, -0.05) is 54.6 Å². The topological polar surface area (TPSA) is 115 Å². The molecule has 0 unspecified atom stereocenters. The third kappa shape index (κ3) is 3.98. The molecule has 0 aliphatic carbocycles. The maximum Gasteiger partial charge on any atom is 0.305 e. The quantitative estimate of drug-likeness (QED) is 0.274. The van der Waals surface area contributed by atoms with Gasteiger partial charge < -0.3 is 11.1 Å². The van der Waals surface area contributed by atoms with Gasteiger partial charge in [-0.15, -0.1) is 0 Å². The number of nitro groups is 1. The minimum atomic E-state index is -1.15. The lowest BCUT2D eigenvalue weighted by Crippen LogP contribution is -2.46. The molecule has 32 heavy (non-hydrogen) atoms. The molecule has 0 radical (unpaired) electrons. The second-order valence-electron chi connectivity index (χ2n) is 7.37. The molecule has 4 rings (SSSR count). The first-order chi connectivity index (χ1) is 15.3.